The van der Waals surface area contributed by atoms with Gasteiger partial charge in [0.05, 0.1) is 12.5 Å². The highest BCUT2D eigenvalue weighted by Gasteiger charge is 2.28. The molecule has 0 saturated carbocycles. The van der Waals surface area contributed by atoms with E-state index in [1.54, 1.807) is 0 Å². The number of rotatable bonds is 4. The first-order chi connectivity index (χ1) is 7.83. The maximum atomic E-state index is 13.3. The van der Waals surface area contributed by atoms with Crippen LogP contribution in [-0.2, 0) is 0 Å². The SMILES string of the molecule is COc1ccc(C(Cl)CCC(F)(F)F)cc1F. The summed E-state index contributed by atoms with van der Waals surface area (Å²) in [5, 5.41) is -0.864. The molecule has 1 aromatic rings. The minimum atomic E-state index is -4.25. The maximum absolute atomic E-state index is 13.3. The molecule has 0 aromatic heterocycles. The molecular weight excluding hydrogens is 260 g/mol. The predicted octanol–water partition coefficient (Wildman–Crippen LogP) is 4.46. The summed E-state index contributed by atoms with van der Waals surface area (Å²) in [5.74, 6) is -0.601. The van der Waals surface area contributed by atoms with Gasteiger partial charge in [-0.1, -0.05) is 6.07 Å². The van der Waals surface area contributed by atoms with Crippen LogP contribution in [0.3, 0.4) is 0 Å². The van der Waals surface area contributed by atoms with Crippen molar-refractivity contribution in [3.05, 3.63) is 29.6 Å². The summed E-state index contributed by atoms with van der Waals surface area (Å²) >= 11 is 5.77. The molecule has 0 bridgehead atoms. The molecule has 6 heteroatoms. The Bertz CT molecular complexity index is 378. The van der Waals surface area contributed by atoms with E-state index in [9.17, 15) is 17.6 Å². The number of ether oxygens (including phenoxy) is 1. The summed E-state index contributed by atoms with van der Waals surface area (Å²) < 4.78 is 53.9. The van der Waals surface area contributed by atoms with E-state index in [0.717, 1.165) is 6.07 Å². The van der Waals surface area contributed by atoms with Gasteiger partial charge >= 0.3 is 6.18 Å². The first-order valence-corrected chi connectivity index (χ1v) is 5.31. The number of methoxy groups -OCH3 is 1. The van der Waals surface area contributed by atoms with Crippen molar-refractivity contribution in [1.29, 1.82) is 0 Å². The van der Waals surface area contributed by atoms with E-state index < -0.39 is 23.8 Å². The van der Waals surface area contributed by atoms with Gasteiger partial charge in [-0.3, -0.25) is 0 Å². The minimum absolute atomic E-state index is 0.0356. The molecule has 0 fully saturated rings. The lowest BCUT2D eigenvalue weighted by Gasteiger charge is -2.12. The highest BCUT2D eigenvalue weighted by atomic mass is 35.5. The Morgan fingerprint density at radius 1 is 1.35 bits per heavy atom. The number of hydrogen-bond acceptors (Lipinski definition) is 1. The van der Waals surface area contributed by atoms with Crippen LogP contribution < -0.4 is 4.74 Å². The summed E-state index contributed by atoms with van der Waals surface area (Å²) in [6.07, 6.45) is -5.52. The Kier molecular flexibility index (Phi) is 4.62. The zero-order valence-corrected chi connectivity index (χ0v) is 9.78. The second kappa shape index (κ2) is 5.58. The first kappa shape index (κ1) is 14.1. The van der Waals surface area contributed by atoms with Crippen LogP contribution in [0.25, 0.3) is 0 Å². The lowest BCUT2D eigenvalue weighted by molar-refractivity contribution is -0.135. The third-order valence-electron chi connectivity index (χ3n) is 2.22. The maximum Gasteiger partial charge on any atom is 0.389 e. The van der Waals surface area contributed by atoms with Gasteiger partial charge in [0.1, 0.15) is 0 Å². The van der Waals surface area contributed by atoms with Crippen molar-refractivity contribution in [2.24, 2.45) is 0 Å². The van der Waals surface area contributed by atoms with Crippen LogP contribution in [0, 0.1) is 5.82 Å². The average molecular weight is 271 g/mol. The van der Waals surface area contributed by atoms with Gasteiger partial charge in [0.15, 0.2) is 11.6 Å². The van der Waals surface area contributed by atoms with E-state index in [-0.39, 0.29) is 12.2 Å². The van der Waals surface area contributed by atoms with Crippen molar-refractivity contribution in [1.82, 2.24) is 0 Å². The fourth-order valence-corrected chi connectivity index (χ4v) is 1.58. The summed E-state index contributed by atoms with van der Waals surface area (Å²) in [5.41, 5.74) is 0.314. The topological polar surface area (TPSA) is 9.23 Å². The third-order valence-corrected chi connectivity index (χ3v) is 2.69. The fraction of sp³-hybridized carbons (Fsp3) is 0.455. The Labute approximate surface area is 101 Å². The van der Waals surface area contributed by atoms with Gasteiger partial charge < -0.3 is 4.74 Å². The molecule has 96 valence electrons. The van der Waals surface area contributed by atoms with Gasteiger partial charge in [0.25, 0.3) is 0 Å². The second-order valence-corrected chi connectivity index (χ2v) is 4.04. The molecule has 0 radical (unpaired) electrons. The van der Waals surface area contributed by atoms with Crippen molar-refractivity contribution in [2.75, 3.05) is 7.11 Å². The molecule has 1 atom stereocenters. The Hall–Kier alpha value is -0.970. The predicted molar refractivity (Wildman–Crippen MR) is 56.8 cm³/mol. The van der Waals surface area contributed by atoms with E-state index in [0.29, 0.717) is 5.56 Å². The molecule has 0 aliphatic carbocycles. The van der Waals surface area contributed by atoms with E-state index in [1.807, 2.05) is 0 Å². The zero-order valence-electron chi connectivity index (χ0n) is 9.02. The summed E-state index contributed by atoms with van der Waals surface area (Å²) in [7, 11) is 1.31. The number of alkyl halides is 4. The molecule has 1 nitrogen and oxygen atoms in total. The molecule has 0 heterocycles. The lowest BCUT2D eigenvalue weighted by atomic mass is 10.1. The van der Waals surface area contributed by atoms with Crippen LogP contribution in [-0.4, -0.2) is 13.3 Å². The smallest absolute Gasteiger partial charge is 0.389 e. The molecule has 1 rings (SSSR count). The van der Waals surface area contributed by atoms with Crippen molar-refractivity contribution < 1.29 is 22.3 Å². The highest BCUT2D eigenvalue weighted by Crippen LogP contribution is 2.33. The minimum Gasteiger partial charge on any atom is -0.494 e. The average Bonchev–Trinajstić information content (AvgIpc) is 2.24. The largest absolute Gasteiger partial charge is 0.494 e. The van der Waals surface area contributed by atoms with E-state index in [4.69, 9.17) is 16.3 Å². The van der Waals surface area contributed by atoms with Gasteiger partial charge in [-0.05, 0) is 24.1 Å². The standard InChI is InChI=1S/C11H11ClF4O/c1-17-10-3-2-7(6-9(10)13)8(12)4-5-11(14,15)16/h2-3,6,8H,4-5H2,1H3. The summed E-state index contributed by atoms with van der Waals surface area (Å²) in [6.45, 7) is 0. The Morgan fingerprint density at radius 3 is 2.47 bits per heavy atom. The van der Waals surface area contributed by atoms with Crippen molar-refractivity contribution in [3.8, 4) is 5.75 Å². The van der Waals surface area contributed by atoms with Crippen LogP contribution >= 0.6 is 11.6 Å². The number of halogens is 5. The molecule has 0 N–H and O–H groups in total. The lowest BCUT2D eigenvalue weighted by Crippen LogP contribution is -2.08. The van der Waals surface area contributed by atoms with Gasteiger partial charge in [0.2, 0.25) is 0 Å². The van der Waals surface area contributed by atoms with Crippen LogP contribution in [0.5, 0.6) is 5.75 Å². The fourth-order valence-electron chi connectivity index (χ4n) is 1.33. The molecular formula is C11H11ClF4O. The van der Waals surface area contributed by atoms with E-state index in [1.165, 1.54) is 19.2 Å². The van der Waals surface area contributed by atoms with Crippen molar-refractivity contribution in [3.63, 3.8) is 0 Å². The third kappa shape index (κ3) is 4.42. The zero-order chi connectivity index (χ0) is 13.1. The van der Waals surface area contributed by atoms with Crippen molar-refractivity contribution in [2.45, 2.75) is 24.4 Å². The molecule has 1 unspecified atom stereocenters. The van der Waals surface area contributed by atoms with Crippen LogP contribution in [0.2, 0.25) is 0 Å². The monoisotopic (exact) mass is 270 g/mol. The molecule has 0 amide bonds. The molecule has 1 aromatic carbocycles. The number of hydrogen-bond donors (Lipinski definition) is 0. The molecule has 0 spiro atoms. The van der Waals surface area contributed by atoms with Crippen LogP contribution in [0.15, 0.2) is 18.2 Å². The normalized spacial score (nSPS) is 13.5. The quantitative estimate of drug-likeness (QED) is 0.580. The van der Waals surface area contributed by atoms with Crippen LogP contribution in [0.4, 0.5) is 17.6 Å². The van der Waals surface area contributed by atoms with Gasteiger partial charge in [0, 0.05) is 6.42 Å². The molecule has 0 saturated heterocycles. The molecule has 0 aliphatic heterocycles. The Morgan fingerprint density at radius 2 is 2.00 bits per heavy atom. The summed E-state index contributed by atoms with van der Waals surface area (Å²) in [6, 6.07) is 3.89. The van der Waals surface area contributed by atoms with E-state index in [2.05, 4.69) is 0 Å². The van der Waals surface area contributed by atoms with Gasteiger partial charge in [-0.2, -0.15) is 13.2 Å². The second-order valence-electron chi connectivity index (χ2n) is 3.52. The Balaban J connectivity index is 2.69. The molecule has 0 aliphatic rings. The highest BCUT2D eigenvalue weighted by molar-refractivity contribution is 6.20. The van der Waals surface area contributed by atoms with Gasteiger partial charge in [-0.25, -0.2) is 4.39 Å². The van der Waals surface area contributed by atoms with Crippen molar-refractivity contribution >= 4 is 11.6 Å². The molecule has 17 heavy (non-hydrogen) atoms. The van der Waals surface area contributed by atoms with E-state index >= 15 is 0 Å². The van der Waals surface area contributed by atoms with Crippen LogP contribution in [0.1, 0.15) is 23.8 Å². The first-order valence-electron chi connectivity index (χ1n) is 4.88. The van der Waals surface area contributed by atoms with Gasteiger partial charge in [-0.15, -0.1) is 11.6 Å². The number of benzene rings is 1. The summed E-state index contributed by atoms with van der Waals surface area (Å²) in [4.78, 5) is 0.